The van der Waals surface area contributed by atoms with Gasteiger partial charge in [-0.1, -0.05) is 36.3 Å². The second-order valence-corrected chi connectivity index (χ2v) is 3.24. The van der Waals surface area contributed by atoms with E-state index in [0.29, 0.717) is 0 Å². The van der Waals surface area contributed by atoms with Gasteiger partial charge in [-0.3, -0.25) is 4.98 Å². The summed E-state index contributed by atoms with van der Waals surface area (Å²) in [5.74, 6) is 3.18. The van der Waals surface area contributed by atoms with Crippen LogP contribution in [-0.4, -0.2) is 11.6 Å². The highest BCUT2D eigenvalue weighted by Gasteiger charge is 2.00. The fraction of sp³-hybridized carbons (Fsp3) is 0.0714. The van der Waals surface area contributed by atoms with Crippen molar-refractivity contribution in [2.24, 2.45) is 0 Å². The lowest BCUT2D eigenvalue weighted by atomic mass is 10.1. The molecule has 2 rings (SSSR count). The summed E-state index contributed by atoms with van der Waals surface area (Å²) < 4.78 is 5.34. The first kappa shape index (κ1) is 10.3. The van der Waals surface area contributed by atoms with Crippen molar-refractivity contribution in [3.63, 3.8) is 0 Å². The van der Waals surface area contributed by atoms with Crippen LogP contribution in [-0.2, 0) is 0 Å². The lowest BCUT2D eigenvalue weighted by Crippen LogP contribution is -1.94. The van der Waals surface area contributed by atoms with Crippen LogP contribution in [0.4, 0.5) is 0 Å². The van der Waals surface area contributed by atoms with Crippen LogP contribution in [0.2, 0.25) is 0 Å². The Morgan fingerprint density at radius 3 is 2.75 bits per heavy atom. The molecule has 1 aromatic heterocycles. The molecule has 0 aliphatic heterocycles. The second-order valence-electron chi connectivity index (χ2n) is 3.24. The quantitative estimate of drug-likeness (QED) is 0.725. The van der Waals surface area contributed by atoms with E-state index in [4.69, 9.17) is 11.2 Å². The van der Waals surface area contributed by atoms with Crippen LogP contribution in [0.5, 0.6) is 5.75 Å². The van der Waals surface area contributed by atoms with E-state index < -0.39 is 0 Å². The van der Waals surface area contributed by atoms with Gasteiger partial charge in [0, 0.05) is 17.8 Å². The summed E-state index contributed by atoms with van der Waals surface area (Å²) >= 11 is 0. The largest absolute Gasteiger partial charge is 0.481 e. The molecule has 2 heteroatoms. The molecule has 1 aromatic carbocycles. The molecular weight excluding hydrogens is 198 g/mol. The minimum atomic E-state index is 0.276. The number of benzene rings is 1. The standard InChI is InChI=1S/C14H11NO/c1-2-10-16-13-8-9-15-14(11-13)12-6-4-3-5-7-12/h1,3-9,11H,10H2. The van der Waals surface area contributed by atoms with Crippen molar-refractivity contribution in [1.82, 2.24) is 4.98 Å². The Balaban J connectivity index is 2.26. The summed E-state index contributed by atoms with van der Waals surface area (Å²) in [5, 5.41) is 0. The third-order valence-corrected chi connectivity index (χ3v) is 2.12. The zero-order valence-electron chi connectivity index (χ0n) is 8.76. The molecule has 0 aliphatic carbocycles. The first-order valence-electron chi connectivity index (χ1n) is 4.98. The molecule has 16 heavy (non-hydrogen) atoms. The van der Waals surface area contributed by atoms with E-state index in [1.54, 1.807) is 12.3 Å². The van der Waals surface area contributed by atoms with Crippen LogP contribution in [0, 0.1) is 12.3 Å². The fourth-order valence-electron chi connectivity index (χ4n) is 1.39. The summed E-state index contributed by atoms with van der Waals surface area (Å²) in [6.07, 6.45) is 6.85. The Morgan fingerprint density at radius 2 is 2.00 bits per heavy atom. The van der Waals surface area contributed by atoms with E-state index in [0.717, 1.165) is 17.0 Å². The summed E-state index contributed by atoms with van der Waals surface area (Å²) in [7, 11) is 0. The summed E-state index contributed by atoms with van der Waals surface area (Å²) in [6, 6.07) is 13.6. The number of terminal acetylenes is 1. The second kappa shape index (κ2) is 4.99. The Morgan fingerprint density at radius 1 is 1.19 bits per heavy atom. The highest BCUT2D eigenvalue weighted by atomic mass is 16.5. The molecule has 0 N–H and O–H groups in total. The van der Waals surface area contributed by atoms with E-state index in [1.165, 1.54) is 0 Å². The predicted molar refractivity (Wildman–Crippen MR) is 64.0 cm³/mol. The minimum Gasteiger partial charge on any atom is -0.481 e. The van der Waals surface area contributed by atoms with Crippen LogP contribution < -0.4 is 4.74 Å². The van der Waals surface area contributed by atoms with Gasteiger partial charge in [0.2, 0.25) is 0 Å². The first-order valence-corrected chi connectivity index (χ1v) is 4.98. The van der Waals surface area contributed by atoms with E-state index >= 15 is 0 Å². The van der Waals surface area contributed by atoms with Crippen LogP contribution in [0.3, 0.4) is 0 Å². The molecule has 0 aliphatic rings. The van der Waals surface area contributed by atoms with E-state index in [-0.39, 0.29) is 6.61 Å². The monoisotopic (exact) mass is 209 g/mol. The smallest absolute Gasteiger partial charge is 0.148 e. The molecule has 2 aromatic rings. The van der Waals surface area contributed by atoms with Crippen LogP contribution in [0.1, 0.15) is 0 Å². The van der Waals surface area contributed by atoms with Crippen molar-refractivity contribution in [2.75, 3.05) is 6.61 Å². The third-order valence-electron chi connectivity index (χ3n) is 2.12. The fourth-order valence-corrected chi connectivity index (χ4v) is 1.39. The third kappa shape index (κ3) is 2.40. The van der Waals surface area contributed by atoms with Gasteiger partial charge >= 0.3 is 0 Å². The minimum absolute atomic E-state index is 0.276. The lowest BCUT2D eigenvalue weighted by molar-refractivity contribution is 0.370. The van der Waals surface area contributed by atoms with Gasteiger partial charge in [0.05, 0.1) is 5.69 Å². The first-order chi connectivity index (χ1) is 7.90. The Kier molecular flexibility index (Phi) is 3.20. The molecule has 0 unspecified atom stereocenters. The molecule has 0 saturated carbocycles. The van der Waals surface area contributed by atoms with Gasteiger partial charge in [0.15, 0.2) is 0 Å². The van der Waals surface area contributed by atoms with Crippen molar-refractivity contribution in [1.29, 1.82) is 0 Å². The van der Waals surface area contributed by atoms with Crippen molar-refractivity contribution in [3.05, 3.63) is 48.7 Å². The van der Waals surface area contributed by atoms with Gasteiger partial charge in [0.25, 0.3) is 0 Å². The summed E-state index contributed by atoms with van der Waals surface area (Å²) in [6.45, 7) is 0.276. The number of rotatable bonds is 3. The number of aromatic nitrogens is 1. The molecule has 2 nitrogen and oxygen atoms in total. The van der Waals surface area contributed by atoms with Gasteiger partial charge in [0.1, 0.15) is 12.4 Å². The molecule has 0 radical (unpaired) electrons. The molecule has 0 amide bonds. The molecule has 0 fully saturated rings. The van der Waals surface area contributed by atoms with Crippen molar-refractivity contribution < 1.29 is 4.74 Å². The molecular formula is C14H11NO. The van der Waals surface area contributed by atoms with E-state index in [2.05, 4.69) is 10.9 Å². The zero-order valence-corrected chi connectivity index (χ0v) is 8.76. The summed E-state index contributed by atoms with van der Waals surface area (Å²) in [4.78, 5) is 4.29. The maximum atomic E-state index is 5.34. The van der Waals surface area contributed by atoms with Gasteiger partial charge < -0.3 is 4.74 Å². The molecule has 0 bridgehead atoms. The van der Waals surface area contributed by atoms with Gasteiger partial charge in [-0.2, -0.15) is 0 Å². The SMILES string of the molecule is C#CCOc1ccnc(-c2ccccc2)c1. The highest BCUT2D eigenvalue weighted by Crippen LogP contribution is 2.20. The average Bonchev–Trinajstić information content (AvgIpc) is 2.38. The molecule has 0 saturated heterocycles. The van der Waals surface area contributed by atoms with Gasteiger partial charge in [-0.25, -0.2) is 0 Å². The normalized spacial score (nSPS) is 9.44. The number of pyridine rings is 1. The Hall–Kier alpha value is -2.27. The lowest BCUT2D eigenvalue weighted by Gasteiger charge is -2.04. The van der Waals surface area contributed by atoms with Gasteiger partial charge in [-0.15, -0.1) is 6.42 Å². The number of hydrogen-bond donors (Lipinski definition) is 0. The molecule has 1 heterocycles. The van der Waals surface area contributed by atoms with Gasteiger partial charge in [-0.05, 0) is 6.07 Å². The van der Waals surface area contributed by atoms with E-state index in [1.807, 2.05) is 36.4 Å². The highest BCUT2D eigenvalue weighted by molar-refractivity contribution is 5.60. The number of nitrogens with zero attached hydrogens (tertiary/aromatic N) is 1. The molecule has 0 atom stereocenters. The van der Waals surface area contributed by atoms with Crippen molar-refractivity contribution >= 4 is 0 Å². The van der Waals surface area contributed by atoms with Crippen molar-refractivity contribution in [2.45, 2.75) is 0 Å². The average molecular weight is 209 g/mol. The van der Waals surface area contributed by atoms with E-state index in [9.17, 15) is 0 Å². The number of ether oxygens (including phenoxy) is 1. The van der Waals surface area contributed by atoms with Crippen LogP contribution in [0.25, 0.3) is 11.3 Å². The Bertz CT molecular complexity index is 500. The topological polar surface area (TPSA) is 22.1 Å². The van der Waals surface area contributed by atoms with Crippen LogP contribution >= 0.6 is 0 Å². The zero-order chi connectivity index (χ0) is 11.2. The Labute approximate surface area is 94.9 Å². The summed E-state index contributed by atoms with van der Waals surface area (Å²) in [5.41, 5.74) is 1.95. The molecule has 0 spiro atoms. The number of hydrogen-bond acceptors (Lipinski definition) is 2. The molecule has 78 valence electrons. The van der Waals surface area contributed by atoms with Crippen molar-refractivity contribution in [3.8, 4) is 29.4 Å². The van der Waals surface area contributed by atoms with Crippen LogP contribution in [0.15, 0.2) is 48.7 Å². The maximum absolute atomic E-state index is 5.34. The predicted octanol–water partition coefficient (Wildman–Crippen LogP) is 2.76. The maximum Gasteiger partial charge on any atom is 0.148 e.